The van der Waals surface area contributed by atoms with Crippen molar-refractivity contribution in [3.8, 4) is 0 Å². The molecule has 104 valence electrons. The van der Waals surface area contributed by atoms with Crippen molar-refractivity contribution in [1.29, 1.82) is 0 Å². The van der Waals surface area contributed by atoms with Crippen molar-refractivity contribution >= 4 is 11.5 Å². The highest BCUT2D eigenvalue weighted by molar-refractivity contribution is 5.64. The molecular weight excluding hydrogens is 226 g/mol. The third kappa shape index (κ3) is 3.38. The lowest BCUT2D eigenvalue weighted by Crippen LogP contribution is -2.40. The lowest BCUT2D eigenvalue weighted by molar-refractivity contribution is 0.182. The number of aryl methyl sites for hydroxylation is 2. The number of nitrogen functional groups attached to an aromatic ring is 1. The van der Waals surface area contributed by atoms with Gasteiger partial charge in [0.25, 0.3) is 0 Å². The standard InChI is InChI=1S/C13H27N5/c1-9(2)18(10(3)4)8-7-15-13-12(14)11(5)16-17(13)6/h9-10,15H,7-8,14H2,1-6H3. The summed E-state index contributed by atoms with van der Waals surface area (Å²) < 4.78 is 1.81. The van der Waals surface area contributed by atoms with E-state index in [9.17, 15) is 0 Å². The maximum Gasteiger partial charge on any atom is 0.147 e. The topological polar surface area (TPSA) is 59.1 Å². The van der Waals surface area contributed by atoms with Gasteiger partial charge in [0, 0.05) is 32.2 Å². The highest BCUT2D eigenvalue weighted by Crippen LogP contribution is 2.20. The molecule has 0 unspecified atom stereocenters. The number of nitrogens with zero attached hydrogens (tertiary/aromatic N) is 3. The Labute approximate surface area is 110 Å². The minimum absolute atomic E-state index is 0.553. The molecule has 0 saturated heterocycles. The van der Waals surface area contributed by atoms with Crippen molar-refractivity contribution < 1.29 is 0 Å². The van der Waals surface area contributed by atoms with Gasteiger partial charge in [-0.3, -0.25) is 9.58 Å². The molecule has 0 fully saturated rings. The zero-order valence-corrected chi connectivity index (χ0v) is 12.5. The lowest BCUT2D eigenvalue weighted by atomic mass is 10.2. The summed E-state index contributed by atoms with van der Waals surface area (Å²) in [5, 5.41) is 7.67. The fraction of sp³-hybridized carbons (Fsp3) is 0.769. The van der Waals surface area contributed by atoms with E-state index >= 15 is 0 Å². The molecule has 3 N–H and O–H groups in total. The van der Waals surface area contributed by atoms with E-state index in [1.165, 1.54) is 0 Å². The maximum absolute atomic E-state index is 5.98. The minimum atomic E-state index is 0.553. The molecule has 0 spiro atoms. The zero-order chi connectivity index (χ0) is 13.9. The molecule has 0 saturated carbocycles. The summed E-state index contributed by atoms with van der Waals surface area (Å²) in [6.07, 6.45) is 0. The molecule has 0 radical (unpaired) electrons. The molecule has 5 nitrogen and oxygen atoms in total. The third-order valence-electron chi connectivity index (χ3n) is 3.26. The number of anilines is 2. The molecule has 1 heterocycles. The number of rotatable bonds is 6. The minimum Gasteiger partial charge on any atom is -0.394 e. The normalized spacial score (nSPS) is 11.8. The van der Waals surface area contributed by atoms with E-state index in [-0.39, 0.29) is 0 Å². The van der Waals surface area contributed by atoms with Gasteiger partial charge >= 0.3 is 0 Å². The van der Waals surface area contributed by atoms with E-state index in [0.29, 0.717) is 12.1 Å². The molecular formula is C13H27N5. The Bertz CT molecular complexity index is 373. The highest BCUT2D eigenvalue weighted by Gasteiger charge is 2.14. The van der Waals surface area contributed by atoms with Gasteiger partial charge in [0.05, 0.1) is 11.4 Å². The van der Waals surface area contributed by atoms with E-state index in [4.69, 9.17) is 5.73 Å². The van der Waals surface area contributed by atoms with Crippen molar-refractivity contribution in [3.05, 3.63) is 5.69 Å². The molecule has 0 aliphatic rings. The summed E-state index contributed by atoms with van der Waals surface area (Å²) in [6, 6.07) is 1.11. The third-order valence-corrected chi connectivity index (χ3v) is 3.26. The number of hydrogen-bond acceptors (Lipinski definition) is 4. The van der Waals surface area contributed by atoms with Crippen LogP contribution in [0.2, 0.25) is 0 Å². The molecule has 1 aromatic rings. The van der Waals surface area contributed by atoms with Gasteiger partial charge in [-0.1, -0.05) is 0 Å². The molecule has 0 atom stereocenters. The Hall–Kier alpha value is -1.23. The van der Waals surface area contributed by atoms with Crippen LogP contribution in [0.5, 0.6) is 0 Å². The quantitative estimate of drug-likeness (QED) is 0.812. The second-order valence-electron chi connectivity index (χ2n) is 5.32. The van der Waals surface area contributed by atoms with Crippen molar-refractivity contribution in [1.82, 2.24) is 14.7 Å². The Morgan fingerprint density at radius 1 is 1.28 bits per heavy atom. The van der Waals surface area contributed by atoms with E-state index in [1.54, 1.807) is 4.68 Å². The van der Waals surface area contributed by atoms with E-state index < -0.39 is 0 Å². The van der Waals surface area contributed by atoms with E-state index in [2.05, 4.69) is 43.0 Å². The predicted molar refractivity (Wildman–Crippen MR) is 77.8 cm³/mol. The van der Waals surface area contributed by atoms with E-state index in [0.717, 1.165) is 30.3 Å². The van der Waals surface area contributed by atoms with Gasteiger partial charge in [0.15, 0.2) is 0 Å². The largest absolute Gasteiger partial charge is 0.394 e. The van der Waals surface area contributed by atoms with Crippen LogP contribution in [0.25, 0.3) is 0 Å². The number of aromatic nitrogens is 2. The van der Waals surface area contributed by atoms with Gasteiger partial charge in [0.1, 0.15) is 5.82 Å². The molecule has 5 heteroatoms. The van der Waals surface area contributed by atoms with Crippen LogP contribution in [0.3, 0.4) is 0 Å². The van der Waals surface area contributed by atoms with Crippen molar-refractivity contribution in [3.63, 3.8) is 0 Å². The summed E-state index contributed by atoms with van der Waals surface area (Å²) in [5.74, 6) is 0.917. The molecule has 0 aliphatic heterocycles. The van der Waals surface area contributed by atoms with Gasteiger partial charge in [0.2, 0.25) is 0 Å². The van der Waals surface area contributed by atoms with Crippen LogP contribution >= 0.6 is 0 Å². The van der Waals surface area contributed by atoms with Crippen molar-refractivity contribution in [2.45, 2.75) is 46.7 Å². The summed E-state index contributed by atoms with van der Waals surface area (Å²) in [5.41, 5.74) is 7.61. The molecule has 18 heavy (non-hydrogen) atoms. The number of nitrogens with one attached hydrogen (secondary N) is 1. The van der Waals surface area contributed by atoms with E-state index in [1.807, 2.05) is 14.0 Å². The smallest absolute Gasteiger partial charge is 0.147 e. The SMILES string of the molecule is Cc1nn(C)c(NCCN(C(C)C)C(C)C)c1N. The van der Waals surface area contributed by atoms with Crippen LogP contribution in [-0.4, -0.2) is 39.9 Å². The van der Waals surface area contributed by atoms with Gasteiger partial charge in [-0.25, -0.2) is 0 Å². The molecule has 0 amide bonds. The Kier molecular flexibility index (Phi) is 5.02. The highest BCUT2D eigenvalue weighted by atomic mass is 15.3. The van der Waals surface area contributed by atoms with Crippen LogP contribution in [0.15, 0.2) is 0 Å². The summed E-state index contributed by atoms with van der Waals surface area (Å²) in [4.78, 5) is 2.45. The molecule has 0 aliphatic carbocycles. The van der Waals surface area contributed by atoms with Crippen molar-refractivity contribution in [2.75, 3.05) is 24.1 Å². The number of nitrogens with two attached hydrogens (primary N) is 1. The Morgan fingerprint density at radius 2 is 1.83 bits per heavy atom. The average molecular weight is 253 g/mol. The van der Waals surface area contributed by atoms with Gasteiger partial charge in [-0.2, -0.15) is 5.10 Å². The fourth-order valence-electron chi connectivity index (χ4n) is 2.30. The van der Waals surface area contributed by atoms with Gasteiger partial charge in [-0.15, -0.1) is 0 Å². The van der Waals surface area contributed by atoms with Gasteiger partial charge < -0.3 is 11.1 Å². The zero-order valence-electron chi connectivity index (χ0n) is 12.5. The lowest BCUT2D eigenvalue weighted by Gasteiger charge is -2.30. The first-order valence-corrected chi connectivity index (χ1v) is 6.63. The fourth-order valence-corrected chi connectivity index (χ4v) is 2.30. The monoisotopic (exact) mass is 253 g/mol. The molecule has 0 bridgehead atoms. The Balaban J connectivity index is 2.55. The first-order valence-electron chi connectivity index (χ1n) is 6.63. The summed E-state index contributed by atoms with van der Waals surface area (Å²) >= 11 is 0. The first-order chi connectivity index (χ1) is 8.34. The predicted octanol–water partition coefficient (Wildman–Crippen LogP) is 1.84. The summed E-state index contributed by atoms with van der Waals surface area (Å²) in [6.45, 7) is 12.7. The van der Waals surface area contributed by atoms with Crippen LogP contribution in [-0.2, 0) is 7.05 Å². The van der Waals surface area contributed by atoms with Gasteiger partial charge in [-0.05, 0) is 34.6 Å². The maximum atomic E-state index is 5.98. The van der Waals surface area contributed by atoms with Crippen molar-refractivity contribution in [2.24, 2.45) is 7.05 Å². The average Bonchev–Trinajstić information content (AvgIpc) is 2.48. The molecule has 1 aromatic heterocycles. The second-order valence-corrected chi connectivity index (χ2v) is 5.32. The molecule has 1 rings (SSSR count). The molecule has 0 aromatic carbocycles. The van der Waals surface area contributed by atoms with Crippen LogP contribution < -0.4 is 11.1 Å². The van der Waals surface area contributed by atoms with Crippen LogP contribution in [0, 0.1) is 6.92 Å². The van der Waals surface area contributed by atoms with Crippen LogP contribution in [0.1, 0.15) is 33.4 Å². The first kappa shape index (κ1) is 14.8. The Morgan fingerprint density at radius 3 is 2.22 bits per heavy atom. The second kappa shape index (κ2) is 6.09. The summed E-state index contributed by atoms with van der Waals surface area (Å²) in [7, 11) is 1.91. The number of hydrogen-bond donors (Lipinski definition) is 2. The van der Waals surface area contributed by atoms with Crippen LogP contribution in [0.4, 0.5) is 11.5 Å².